The number of benzene rings is 1. The maximum atomic E-state index is 12.6. The number of aromatic nitrogens is 2. The van der Waals surface area contributed by atoms with Crippen molar-refractivity contribution in [3.8, 4) is 0 Å². The Morgan fingerprint density at radius 1 is 1.09 bits per heavy atom. The van der Waals surface area contributed by atoms with Crippen LogP contribution in [0.15, 0.2) is 58.5 Å². The minimum Gasteiger partial charge on any atom is -0.392 e. The van der Waals surface area contributed by atoms with E-state index < -0.39 is 0 Å². The summed E-state index contributed by atoms with van der Waals surface area (Å²) in [7, 11) is 3.83. The molecule has 6 nitrogen and oxygen atoms in total. The fourth-order valence-electron chi connectivity index (χ4n) is 5.07. The normalized spacial score (nSPS) is 21.3. The molecule has 2 aromatic heterocycles. The first kappa shape index (κ1) is 22.9. The Bertz CT molecular complexity index is 1240. The number of pyridine rings is 2. The van der Waals surface area contributed by atoms with Crippen LogP contribution in [0.2, 0.25) is 5.15 Å². The SMILES string of the molecule is CN(c1cc(=O)n(C)c2ccc(Cl)nc12)C1CCC(/C(=N/OC2CCC2)c2ccccc2)CC1. The summed E-state index contributed by atoms with van der Waals surface area (Å²) in [5.74, 6) is 0.361. The van der Waals surface area contributed by atoms with Crippen LogP contribution in [-0.2, 0) is 11.9 Å². The summed E-state index contributed by atoms with van der Waals surface area (Å²) < 4.78 is 1.62. The molecular weight excluding hydrogens is 448 g/mol. The molecule has 2 fully saturated rings. The first-order valence-corrected chi connectivity index (χ1v) is 12.6. The number of hydrogen-bond donors (Lipinski definition) is 0. The standard InChI is InChI=1S/C27H31ClN4O2/c1-31(23-17-25(33)32(2)22-15-16-24(28)29-27(22)23)20-13-11-19(12-14-20)26(18-7-4-3-5-8-18)30-34-21-9-6-10-21/h3-5,7-8,15-17,19-21H,6,9-14H2,1-2H3/b30-26+. The molecule has 0 spiro atoms. The van der Waals surface area contributed by atoms with Gasteiger partial charge in [-0.25, -0.2) is 4.98 Å². The van der Waals surface area contributed by atoms with E-state index in [2.05, 4.69) is 46.4 Å². The van der Waals surface area contributed by atoms with Gasteiger partial charge in [-0.3, -0.25) is 4.79 Å². The summed E-state index contributed by atoms with van der Waals surface area (Å²) >= 11 is 6.21. The van der Waals surface area contributed by atoms with Crippen LogP contribution >= 0.6 is 11.6 Å². The van der Waals surface area contributed by atoms with Crippen molar-refractivity contribution in [1.29, 1.82) is 0 Å². The highest BCUT2D eigenvalue weighted by Crippen LogP contribution is 2.34. The average Bonchev–Trinajstić information content (AvgIpc) is 2.83. The topological polar surface area (TPSA) is 59.7 Å². The molecule has 2 aliphatic carbocycles. The molecule has 3 aromatic rings. The lowest BCUT2D eigenvalue weighted by atomic mass is 9.80. The third kappa shape index (κ3) is 4.56. The van der Waals surface area contributed by atoms with Crippen molar-refractivity contribution in [2.24, 2.45) is 18.1 Å². The molecule has 0 amide bonds. The Morgan fingerprint density at radius 2 is 1.82 bits per heavy atom. The van der Waals surface area contributed by atoms with E-state index in [-0.39, 0.29) is 11.7 Å². The van der Waals surface area contributed by atoms with Gasteiger partial charge in [0.25, 0.3) is 5.56 Å². The summed E-state index contributed by atoms with van der Waals surface area (Å²) in [5, 5.41) is 5.10. The number of oxime groups is 1. The molecule has 2 saturated carbocycles. The number of anilines is 1. The van der Waals surface area contributed by atoms with Gasteiger partial charge in [0.2, 0.25) is 0 Å². The van der Waals surface area contributed by atoms with Gasteiger partial charge in [-0.2, -0.15) is 0 Å². The van der Waals surface area contributed by atoms with E-state index in [0.717, 1.165) is 66.5 Å². The lowest BCUT2D eigenvalue weighted by Crippen LogP contribution is -2.38. The zero-order chi connectivity index (χ0) is 23.7. The maximum Gasteiger partial charge on any atom is 0.252 e. The van der Waals surface area contributed by atoms with E-state index in [0.29, 0.717) is 17.1 Å². The summed E-state index contributed by atoms with van der Waals surface area (Å²) in [6.45, 7) is 0. The van der Waals surface area contributed by atoms with Gasteiger partial charge in [0.05, 0.1) is 16.9 Å². The number of halogens is 1. The van der Waals surface area contributed by atoms with Crippen LogP contribution in [0.1, 0.15) is 50.5 Å². The molecule has 0 radical (unpaired) electrons. The van der Waals surface area contributed by atoms with Crippen molar-refractivity contribution in [1.82, 2.24) is 9.55 Å². The first-order valence-electron chi connectivity index (χ1n) is 12.2. The number of fused-ring (bicyclic) bond motifs is 1. The summed E-state index contributed by atoms with van der Waals surface area (Å²) in [4.78, 5) is 25.3. The van der Waals surface area contributed by atoms with Crippen LogP contribution in [0.4, 0.5) is 5.69 Å². The Morgan fingerprint density at radius 3 is 2.50 bits per heavy atom. The molecule has 0 bridgehead atoms. The minimum absolute atomic E-state index is 0.0428. The van der Waals surface area contributed by atoms with Gasteiger partial charge in [0, 0.05) is 32.1 Å². The molecule has 5 rings (SSSR count). The summed E-state index contributed by atoms with van der Waals surface area (Å²) in [6.07, 6.45) is 7.77. The number of nitrogens with zero attached hydrogens (tertiary/aromatic N) is 4. The predicted octanol–water partition coefficient (Wildman–Crippen LogP) is 5.56. The summed E-state index contributed by atoms with van der Waals surface area (Å²) in [5.41, 5.74) is 4.57. The van der Waals surface area contributed by atoms with E-state index in [9.17, 15) is 4.79 Å². The molecule has 34 heavy (non-hydrogen) atoms. The molecule has 2 heterocycles. The molecule has 0 saturated heterocycles. The second-order valence-corrected chi connectivity index (χ2v) is 9.93. The molecule has 1 aromatic carbocycles. The Balaban J connectivity index is 1.36. The highest BCUT2D eigenvalue weighted by Gasteiger charge is 2.30. The Hall–Kier alpha value is -2.86. The van der Waals surface area contributed by atoms with Crippen molar-refractivity contribution in [3.63, 3.8) is 0 Å². The van der Waals surface area contributed by atoms with Gasteiger partial charge in [-0.1, -0.05) is 47.1 Å². The van der Waals surface area contributed by atoms with Crippen molar-refractivity contribution < 1.29 is 4.84 Å². The highest BCUT2D eigenvalue weighted by atomic mass is 35.5. The van der Waals surface area contributed by atoms with Gasteiger partial charge in [-0.15, -0.1) is 0 Å². The van der Waals surface area contributed by atoms with Gasteiger partial charge < -0.3 is 14.3 Å². The Labute approximate surface area is 205 Å². The van der Waals surface area contributed by atoms with Crippen molar-refractivity contribution in [2.75, 3.05) is 11.9 Å². The molecule has 0 unspecified atom stereocenters. The third-order valence-electron chi connectivity index (χ3n) is 7.47. The molecule has 0 atom stereocenters. The zero-order valence-corrected chi connectivity index (χ0v) is 20.5. The first-order chi connectivity index (χ1) is 16.5. The fraction of sp³-hybridized carbons (Fsp3) is 0.444. The second-order valence-electron chi connectivity index (χ2n) is 9.55. The molecule has 0 aliphatic heterocycles. The molecular formula is C27H31ClN4O2. The van der Waals surface area contributed by atoms with Gasteiger partial charge in [-0.05, 0) is 62.6 Å². The smallest absolute Gasteiger partial charge is 0.252 e. The fourth-order valence-corrected chi connectivity index (χ4v) is 5.22. The maximum absolute atomic E-state index is 12.6. The van der Waals surface area contributed by atoms with Crippen LogP contribution in [0, 0.1) is 5.92 Å². The largest absolute Gasteiger partial charge is 0.392 e. The van der Waals surface area contributed by atoms with Crippen LogP contribution < -0.4 is 10.5 Å². The molecule has 2 aliphatic rings. The lowest BCUT2D eigenvalue weighted by Gasteiger charge is -2.36. The van der Waals surface area contributed by atoms with Crippen LogP contribution in [0.5, 0.6) is 0 Å². The predicted molar refractivity (Wildman–Crippen MR) is 138 cm³/mol. The van der Waals surface area contributed by atoms with Crippen molar-refractivity contribution in [2.45, 2.75) is 57.1 Å². The number of rotatable bonds is 6. The van der Waals surface area contributed by atoms with Gasteiger partial charge >= 0.3 is 0 Å². The van der Waals surface area contributed by atoms with Crippen LogP contribution in [0.3, 0.4) is 0 Å². The van der Waals surface area contributed by atoms with E-state index >= 15 is 0 Å². The molecule has 178 valence electrons. The number of hydrogen-bond acceptors (Lipinski definition) is 5. The summed E-state index contributed by atoms with van der Waals surface area (Å²) in [6, 6.07) is 16.0. The van der Waals surface area contributed by atoms with Crippen molar-refractivity contribution >= 4 is 34.0 Å². The monoisotopic (exact) mass is 478 g/mol. The average molecular weight is 479 g/mol. The van der Waals surface area contributed by atoms with Gasteiger partial charge in [0.15, 0.2) is 0 Å². The second kappa shape index (κ2) is 9.79. The van der Waals surface area contributed by atoms with Crippen molar-refractivity contribution in [3.05, 3.63) is 69.6 Å². The van der Waals surface area contributed by atoms with E-state index in [1.54, 1.807) is 23.7 Å². The molecule has 7 heteroatoms. The van der Waals surface area contributed by atoms with Crippen LogP contribution in [-0.4, -0.2) is 34.5 Å². The van der Waals surface area contributed by atoms with E-state index in [4.69, 9.17) is 16.4 Å². The molecule has 0 N–H and O–H groups in total. The lowest BCUT2D eigenvalue weighted by molar-refractivity contribution is 0.00513. The Kier molecular flexibility index (Phi) is 6.59. The van der Waals surface area contributed by atoms with Gasteiger partial charge in [0.1, 0.15) is 16.8 Å². The minimum atomic E-state index is -0.0428. The third-order valence-corrected chi connectivity index (χ3v) is 7.68. The van der Waals surface area contributed by atoms with Crippen LogP contribution in [0.25, 0.3) is 11.0 Å². The van der Waals surface area contributed by atoms with E-state index in [1.165, 1.54) is 6.42 Å². The zero-order valence-electron chi connectivity index (χ0n) is 19.8. The number of aryl methyl sites for hydroxylation is 1. The highest BCUT2D eigenvalue weighted by molar-refractivity contribution is 6.29. The van der Waals surface area contributed by atoms with E-state index in [1.807, 2.05) is 12.1 Å². The quantitative estimate of drug-likeness (QED) is 0.264.